The zero-order valence-electron chi connectivity index (χ0n) is 37.9. The number of nitrogens with zero attached hydrogens (tertiary/aromatic N) is 2. The molecule has 0 heterocycles. The maximum atomic E-state index is 12.8. The maximum Gasteiger partial charge on any atom is 0.508 e. The van der Waals surface area contributed by atoms with E-state index in [-0.39, 0.29) is 24.6 Å². The van der Waals surface area contributed by atoms with Gasteiger partial charge < -0.3 is 23.8 Å². The molecule has 0 fully saturated rings. The lowest BCUT2D eigenvalue weighted by molar-refractivity contribution is -0.145. The van der Waals surface area contributed by atoms with Gasteiger partial charge in [0.15, 0.2) is 0 Å². The van der Waals surface area contributed by atoms with Crippen LogP contribution in [0, 0.1) is 5.92 Å². The van der Waals surface area contributed by atoms with Gasteiger partial charge in [0.1, 0.15) is 19.3 Å². The Kier molecular flexibility index (Phi) is 39.9. The van der Waals surface area contributed by atoms with E-state index in [0.717, 1.165) is 103 Å². The highest BCUT2D eigenvalue weighted by atomic mass is 16.7. The van der Waals surface area contributed by atoms with Gasteiger partial charge in [0.2, 0.25) is 0 Å². The van der Waals surface area contributed by atoms with Gasteiger partial charge in [-0.05, 0) is 70.4 Å². The van der Waals surface area contributed by atoms with Crippen molar-refractivity contribution in [2.75, 3.05) is 59.1 Å². The minimum absolute atomic E-state index is 0.0346. The highest BCUT2D eigenvalue weighted by Crippen LogP contribution is 2.20. The van der Waals surface area contributed by atoms with Gasteiger partial charge in [-0.15, -0.1) is 0 Å². The summed E-state index contributed by atoms with van der Waals surface area (Å²) in [5.74, 6) is 0.356. The SMILES string of the molecule is CCCCCCCC(=O)OCCN(CCOC(=O)OC(CCCCCC)CCCCCCCCC(=O)OCC(CCCCC)CCCCC)CCN(CC)CC. The molecule has 332 valence electrons. The first-order chi connectivity index (χ1) is 27.3. The largest absolute Gasteiger partial charge is 0.508 e. The molecule has 0 aliphatic carbocycles. The Morgan fingerprint density at radius 2 is 0.839 bits per heavy atom. The number of esters is 2. The Labute approximate surface area is 346 Å². The smallest absolute Gasteiger partial charge is 0.465 e. The van der Waals surface area contributed by atoms with Gasteiger partial charge in [-0.3, -0.25) is 14.5 Å². The fourth-order valence-corrected chi connectivity index (χ4v) is 7.19. The van der Waals surface area contributed by atoms with Crippen molar-refractivity contribution in [1.29, 1.82) is 0 Å². The van der Waals surface area contributed by atoms with E-state index in [2.05, 4.69) is 51.3 Å². The Bertz CT molecular complexity index is 875. The monoisotopic (exact) mass is 797 g/mol. The van der Waals surface area contributed by atoms with E-state index in [1.165, 1.54) is 83.5 Å². The molecule has 0 radical (unpaired) electrons. The number of hydrogen-bond donors (Lipinski definition) is 0. The molecule has 0 saturated carbocycles. The lowest BCUT2D eigenvalue weighted by atomic mass is 9.96. The van der Waals surface area contributed by atoms with Gasteiger partial charge in [-0.2, -0.15) is 0 Å². The van der Waals surface area contributed by atoms with Crippen molar-refractivity contribution in [3.63, 3.8) is 0 Å². The second kappa shape index (κ2) is 41.3. The molecule has 0 rings (SSSR count). The van der Waals surface area contributed by atoms with Crippen molar-refractivity contribution in [3.05, 3.63) is 0 Å². The number of carbonyl (C=O) groups is 3. The molecule has 0 aliphatic heterocycles. The molecule has 0 spiro atoms. The third-order valence-corrected chi connectivity index (χ3v) is 11.1. The molecular weight excluding hydrogens is 705 g/mol. The second-order valence-corrected chi connectivity index (χ2v) is 16.1. The topological polar surface area (TPSA) is 94.6 Å². The van der Waals surface area contributed by atoms with E-state index in [1.54, 1.807) is 0 Å². The highest BCUT2D eigenvalue weighted by Gasteiger charge is 2.17. The predicted octanol–water partition coefficient (Wildman–Crippen LogP) is 12.5. The molecule has 0 N–H and O–H groups in total. The lowest BCUT2D eigenvalue weighted by Crippen LogP contribution is -2.39. The molecule has 1 atom stereocenters. The van der Waals surface area contributed by atoms with Crippen LogP contribution in [0.3, 0.4) is 0 Å². The van der Waals surface area contributed by atoms with Crippen molar-refractivity contribution >= 4 is 18.1 Å². The van der Waals surface area contributed by atoms with Crippen LogP contribution in [-0.2, 0) is 28.5 Å². The van der Waals surface area contributed by atoms with Crippen LogP contribution in [0.5, 0.6) is 0 Å². The van der Waals surface area contributed by atoms with Crippen LogP contribution in [0.25, 0.3) is 0 Å². The van der Waals surface area contributed by atoms with Gasteiger partial charge in [0.05, 0.1) is 6.61 Å². The third kappa shape index (κ3) is 35.3. The average Bonchev–Trinajstić information content (AvgIpc) is 3.19. The molecular formula is C47H92N2O7. The van der Waals surface area contributed by atoms with Crippen LogP contribution in [-0.4, -0.2) is 93.1 Å². The molecule has 0 aliphatic rings. The first kappa shape index (κ1) is 54.1. The fraction of sp³-hybridized carbons (Fsp3) is 0.936. The van der Waals surface area contributed by atoms with Gasteiger partial charge in [0.25, 0.3) is 0 Å². The van der Waals surface area contributed by atoms with Gasteiger partial charge in [-0.1, -0.05) is 151 Å². The first-order valence-corrected chi connectivity index (χ1v) is 23.9. The van der Waals surface area contributed by atoms with Crippen LogP contribution in [0.4, 0.5) is 4.79 Å². The summed E-state index contributed by atoms with van der Waals surface area (Å²) in [6, 6.07) is 0. The summed E-state index contributed by atoms with van der Waals surface area (Å²) in [5, 5.41) is 0. The molecule has 0 aromatic heterocycles. The normalized spacial score (nSPS) is 12.1. The molecule has 0 aromatic rings. The molecule has 1 unspecified atom stereocenters. The number of ether oxygens (including phenoxy) is 4. The summed E-state index contributed by atoms with van der Waals surface area (Å²) in [6.07, 6.45) is 28.2. The summed E-state index contributed by atoms with van der Waals surface area (Å²) in [6.45, 7) is 19.3. The molecule has 9 nitrogen and oxygen atoms in total. The number of rotatable bonds is 42. The molecule has 9 heteroatoms. The third-order valence-electron chi connectivity index (χ3n) is 11.1. The van der Waals surface area contributed by atoms with Crippen LogP contribution in [0.15, 0.2) is 0 Å². The van der Waals surface area contributed by atoms with Gasteiger partial charge in [0, 0.05) is 39.0 Å². The molecule has 0 aromatic carbocycles. The van der Waals surface area contributed by atoms with Crippen molar-refractivity contribution in [2.24, 2.45) is 5.92 Å². The summed E-state index contributed by atoms with van der Waals surface area (Å²) >= 11 is 0. The molecule has 56 heavy (non-hydrogen) atoms. The molecule has 0 saturated heterocycles. The number of unbranched alkanes of at least 4 members (excludes halogenated alkanes) is 16. The Morgan fingerprint density at radius 3 is 1.38 bits per heavy atom. The summed E-state index contributed by atoms with van der Waals surface area (Å²) in [7, 11) is 0. The predicted molar refractivity (Wildman–Crippen MR) is 233 cm³/mol. The molecule has 0 bridgehead atoms. The number of carbonyl (C=O) groups excluding carboxylic acids is 3. The second-order valence-electron chi connectivity index (χ2n) is 16.1. The van der Waals surface area contributed by atoms with Crippen molar-refractivity contribution in [2.45, 2.75) is 221 Å². The Balaban J connectivity index is 4.59. The van der Waals surface area contributed by atoms with E-state index in [4.69, 9.17) is 18.9 Å². The van der Waals surface area contributed by atoms with E-state index < -0.39 is 6.16 Å². The number of hydrogen-bond acceptors (Lipinski definition) is 9. The zero-order valence-corrected chi connectivity index (χ0v) is 37.9. The maximum absolute atomic E-state index is 12.8. The van der Waals surface area contributed by atoms with Crippen LogP contribution in [0.1, 0.15) is 215 Å². The fourth-order valence-electron chi connectivity index (χ4n) is 7.19. The summed E-state index contributed by atoms with van der Waals surface area (Å²) in [4.78, 5) is 42.1. The van der Waals surface area contributed by atoms with E-state index >= 15 is 0 Å². The zero-order chi connectivity index (χ0) is 41.3. The van der Waals surface area contributed by atoms with Crippen molar-refractivity contribution in [3.8, 4) is 0 Å². The van der Waals surface area contributed by atoms with E-state index in [1.807, 2.05) is 0 Å². The van der Waals surface area contributed by atoms with E-state index in [0.29, 0.717) is 45.1 Å². The van der Waals surface area contributed by atoms with Crippen molar-refractivity contribution < 1.29 is 33.3 Å². The molecule has 0 amide bonds. The van der Waals surface area contributed by atoms with Crippen molar-refractivity contribution in [1.82, 2.24) is 9.80 Å². The summed E-state index contributed by atoms with van der Waals surface area (Å²) < 4.78 is 22.7. The minimum atomic E-state index is -0.580. The van der Waals surface area contributed by atoms with E-state index in [9.17, 15) is 14.4 Å². The Morgan fingerprint density at radius 1 is 0.429 bits per heavy atom. The van der Waals surface area contributed by atoms with Crippen LogP contribution < -0.4 is 0 Å². The quantitative estimate of drug-likeness (QED) is 0.0340. The minimum Gasteiger partial charge on any atom is -0.465 e. The summed E-state index contributed by atoms with van der Waals surface area (Å²) in [5.41, 5.74) is 0. The van der Waals surface area contributed by atoms with Crippen LogP contribution >= 0.6 is 0 Å². The first-order valence-electron chi connectivity index (χ1n) is 23.9. The van der Waals surface area contributed by atoms with Gasteiger partial charge in [-0.25, -0.2) is 4.79 Å². The standard InChI is InChI=1S/C47H92N2O7/c1-7-13-17-21-28-34-45(50)53-40-38-49(37-36-48(11-5)12-6)39-41-54-47(52)56-44(32-26-18-14-8-2)33-27-22-19-20-23-29-35-46(51)55-42-43(30-24-15-9-3)31-25-16-10-4/h43-44H,7-42H2,1-6H3. The Hall–Kier alpha value is -1.87. The number of likely N-dealkylation sites (N-methyl/N-ethyl adjacent to an activating group) is 1. The lowest BCUT2D eigenvalue weighted by Gasteiger charge is -2.26. The highest BCUT2D eigenvalue weighted by molar-refractivity contribution is 5.69. The average molecular weight is 797 g/mol. The van der Waals surface area contributed by atoms with Crippen LogP contribution in [0.2, 0.25) is 0 Å². The van der Waals surface area contributed by atoms with Gasteiger partial charge >= 0.3 is 18.1 Å².